The second kappa shape index (κ2) is 7.91. The molecular formula is C14H19F2NO3. The van der Waals surface area contributed by atoms with Crippen molar-refractivity contribution < 1.29 is 23.8 Å². The summed E-state index contributed by atoms with van der Waals surface area (Å²) < 4.78 is 24.8. The van der Waals surface area contributed by atoms with Crippen molar-refractivity contribution in [3.05, 3.63) is 35.4 Å². The molecule has 0 saturated carbocycles. The van der Waals surface area contributed by atoms with Gasteiger partial charge in [0.05, 0.1) is 19.1 Å². The Balaban J connectivity index is 2.69. The van der Waals surface area contributed by atoms with Gasteiger partial charge in [-0.05, 0) is 18.1 Å². The summed E-state index contributed by atoms with van der Waals surface area (Å²) in [7, 11) is 0. The Morgan fingerprint density at radius 3 is 2.35 bits per heavy atom. The van der Waals surface area contributed by atoms with Crippen LogP contribution in [-0.4, -0.2) is 47.2 Å². The van der Waals surface area contributed by atoms with Crippen molar-refractivity contribution in [2.24, 2.45) is 0 Å². The van der Waals surface area contributed by atoms with Crippen LogP contribution in [0.2, 0.25) is 0 Å². The van der Waals surface area contributed by atoms with Crippen LogP contribution in [0.1, 0.15) is 24.0 Å². The van der Waals surface area contributed by atoms with E-state index in [-0.39, 0.29) is 13.2 Å². The van der Waals surface area contributed by atoms with E-state index in [4.69, 9.17) is 10.2 Å². The molecule has 6 heteroatoms. The van der Waals surface area contributed by atoms with E-state index in [2.05, 4.69) is 0 Å². The van der Waals surface area contributed by atoms with Gasteiger partial charge in [0.15, 0.2) is 0 Å². The first kappa shape index (κ1) is 16.5. The molecule has 0 fully saturated rings. The van der Waals surface area contributed by atoms with Crippen molar-refractivity contribution >= 4 is 5.97 Å². The Hall–Kier alpha value is -1.53. The number of halogens is 2. The van der Waals surface area contributed by atoms with E-state index in [0.717, 1.165) is 5.56 Å². The number of rotatable bonds is 8. The van der Waals surface area contributed by atoms with Crippen LogP contribution in [-0.2, 0) is 11.3 Å². The molecule has 0 bridgehead atoms. The summed E-state index contributed by atoms with van der Waals surface area (Å²) in [6.45, 7) is 1.49. The van der Waals surface area contributed by atoms with Gasteiger partial charge in [-0.1, -0.05) is 24.3 Å². The van der Waals surface area contributed by atoms with E-state index >= 15 is 0 Å². The molecule has 0 aliphatic rings. The maximum absolute atomic E-state index is 12.4. The third kappa shape index (κ3) is 5.22. The average Bonchev–Trinajstić information content (AvgIpc) is 2.38. The van der Waals surface area contributed by atoms with Gasteiger partial charge in [0.25, 0.3) is 6.43 Å². The summed E-state index contributed by atoms with van der Waals surface area (Å²) in [5.41, 5.74) is 1.48. The molecule has 1 aromatic rings. The zero-order chi connectivity index (χ0) is 15.1. The molecule has 0 heterocycles. The Labute approximate surface area is 116 Å². The van der Waals surface area contributed by atoms with Gasteiger partial charge in [0, 0.05) is 13.1 Å². The zero-order valence-corrected chi connectivity index (χ0v) is 11.3. The molecule has 0 aliphatic heterocycles. The fraction of sp³-hybridized carbons (Fsp3) is 0.500. The molecular weight excluding hydrogens is 268 g/mol. The first-order chi connectivity index (χ1) is 9.43. The molecule has 1 unspecified atom stereocenters. The lowest BCUT2D eigenvalue weighted by Gasteiger charge is -2.21. The normalized spacial score (nSPS) is 12.9. The van der Waals surface area contributed by atoms with Crippen LogP contribution >= 0.6 is 0 Å². The first-order valence-corrected chi connectivity index (χ1v) is 6.37. The van der Waals surface area contributed by atoms with E-state index in [0.29, 0.717) is 12.1 Å². The molecule has 0 spiro atoms. The Bertz CT molecular complexity index is 423. The van der Waals surface area contributed by atoms with Gasteiger partial charge in [0.2, 0.25) is 0 Å². The van der Waals surface area contributed by atoms with Crippen molar-refractivity contribution in [3.8, 4) is 0 Å². The number of hydrogen-bond donors (Lipinski definition) is 2. The van der Waals surface area contributed by atoms with Crippen LogP contribution in [0.15, 0.2) is 24.3 Å². The first-order valence-electron chi connectivity index (χ1n) is 6.37. The van der Waals surface area contributed by atoms with Crippen LogP contribution < -0.4 is 0 Å². The van der Waals surface area contributed by atoms with E-state index in [1.54, 1.807) is 31.2 Å². The predicted molar refractivity (Wildman–Crippen MR) is 70.9 cm³/mol. The fourth-order valence-electron chi connectivity index (χ4n) is 1.88. The monoisotopic (exact) mass is 287 g/mol. The van der Waals surface area contributed by atoms with Gasteiger partial charge >= 0.3 is 5.97 Å². The van der Waals surface area contributed by atoms with E-state index < -0.39 is 24.9 Å². The molecule has 0 aliphatic carbocycles. The largest absolute Gasteiger partial charge is 0.481 e. The molecule has 4 nitrogen and oxygen atoms in total. The maximum Gasteiger partial charge on any atom is 0.310 e. The highest BCUT2D eigenvalue weighted by atomic mass is 19.3. The highest BCUT2D eigenvalue weighted by molar-refractivity contribution is 5.75. The summed E-state index contributed by atoms with van der Waals surface area (Å²) in [5.74, 6) is -1.50. The average molecular weight is 287 g/mol. The van der Waals surface area contributed by atoms with Crippen molar-refractivity contribution in [2.45, 2.75) is 25.8 Å². The summed E-state index contributed by atoms with van der Waals surface area (Å²) in [6.07, 6.45) is -2.45. The minimum absolute atomic E-state index is 0.178. The highest BCUT2D eigenvalue weighted by Crippen LogP contribution is 2.17. The SMILES string of the molecule is CC(C(=O)O)c1ccc(CN(CCO)CC(F)F)cc1. The number of aliphatic hydroxyl groups excluding tert-OH is 1. The maximum atomic E-state index is 12.4. The molecule has 20 heavy (non-hydrogen) atoms. The number of hydrogen-bond acceptors (Lipinski definition) is 3. The number of benzene rings is 1. The number of carbonyl (C=O) groups is 1. The molecule has 112 valence electrons. The van der Waals surface area contributed by atoms with Crippen LogP contribution in [0.3, 0.4) is 0 Å². The Morgan fingerprint density at radius 1 is 1.30 bits per heavy atom. The number of nitrogens with zero attached hydrogens (tertiary/aromatic N) is 1. The number of alkyl halides is 2. The van der Waals surface area contributed by atoms with Crippen molar-refractivity contribution in [1.29, 1.82) is 0 Å². The Kier molecular flexibility index (Phi) is 6.54. The van der Waals surface area contributed by atoms with Gasteiger partial charge in [-0.2, -0.15) is 0 Å². The third-order valence-electron chi connectivity index (χ3n) is 3.07. The highest BCUT2D eigenvalue weighted by Gasteiger charge is 2.15. The summed E-state index contributed by atoms with van der Waals surface area (Å²) >= 11 is 0. The van der Waals surface area contributed by atoms with Crippen LogP contribution in [0.25, 0.3) is 0 Å². The summed E-state index contributed by atoms with van der Waals surface area (Å²) in [5, 5.41) is 17.8. The number of carboxylic acids is 1. The number of carboxylic acid groups (broad SMARTS) is 1. The predicted octanol–water partition coefficient (Wildman–Crippen LogP) is 1.93. The molecule has 2 N–H and O–H groups in total. The molecule has 0 radical (unpaired) electrons. The van der Waals surface area contributed by atoms with E-state index in [9.17, 15) is 13.6 Å². The van der Waals surface area contributed by atoms with Crippen LogP contribution in [0.4, 0.5) is 8.78 Å². The van der Waals surface area contributed by atoms with Crippen molar-refractivity contribution in [1.82, 2.24) is 4.90 Å². The van der Waals surface area contributed by atoms with Gasteiger partial charge in [0.1, 0.15) is 0 Å². The lowest BCUT2D eigenvalue weighted by Crippen LogP contribution is -2.31. The van der Waals surface area contributed by atoms with Gasteiger partial charge in [-0.15, -0.1) is 0 Å². The molecule has 1 atom stereocenters. The minimum atomic E-state index is -2.45. The van der Waals surface area contributed by atoms with Gasteiger partial charge in [-0.25, -0.2) is 8.78 Å². The Morgan fingerprint density at radius 2 is 1.90 bits per heavy atom. The quantitative estimate of drug-likeness (QED) is 0.767. The van der Waals surface area contributed by atoms with Crippen molar-refractivity contribution in [2.75, 3.05) is 19.7 Å². The molecule has 1 aromatic carbocycles. The van der Waals surface area contributed by atoms with E-state index in [1.807, 2.05) is 0 Å². The second-order valence-electron chi connectivity index (χ2n) is 4.65. The molecule has 0 aromatic heterocycles. The molecule has 0 saturated heterocycles. The van der Waals surface area contributed by atoms with Gasteiger partial charge < -0.3 is 10.2 Å². The third-order valence-corrected chi connectivity index (χ3v) is 3.07. The second-order valence-corrected chi connectivity index (χ2v) is 4.65. The molecule has 1 rings (SSSR count). The summed E-state index contributed by atoms with van der Waals surface area (Å²) in [4.78, 5) is 12.3. The van der Waals surface area contributed by atoms with Gasteiger partial charge in [-0.3, -0.25) is 9.69 Å². The molecule has 0 amide bonds. The zero-order valence-electron chi connectivity index (χ0n) is 11.3. The van der Waals surface area contributed by atoms with E-state index in [1.165, 1.54) is 4.90 Å². The fourth-order valence-corrected chi connectivity index (χ4v) is 1.88. The van der Waals surface area contributed by atoms with Crippen molar-refractivity contribution in [3.63, 3.8) is 0 Å². The van der Waals surface area contributed by atoms with Crippen LogP contribution in [0, 0.1) is 0 Å². The number of aliphatic carboxylic acids is 1. The lowest BCUT2D eigenvalue weighted by molar-refractivity contribution is -0.138. The topological polar surface area (TPSA) is 60.8 Å². The lowest BCUT2D eigenvalue weighted by atomic mass is 10.00. The van der Waals surface area contributed by atoms with Crippen LogP contribution in [0.5, 0.6) is 0 Å². The summed E-state index contributed by atoms with van der Waals surface area (Å²) in [6, 6.07) is 6.83. The standard InChI is InChI=1S/C14H19F2NO3/c1-10(14(19)20)12-4-2-11(3-5-12)8-17(6-7-18)9-13(15)16/h2-5,10,13,18H,6-9H2,1H3,(H,19,20). The minimum Gasteiger partial charge on any atom is -0.481 e. The number of aliphatic hydroxyl groups is 1. The smallest absolute Gasteiger partial charge is 0.310 e.